The van der Waals surface area contributed by atoms with Crippen LogP contribution in [0.3, 0.4) is 0 Å². The van der Waals surface area contributed by atoms with Gasteiger partial charge in [0.2, 0.25) is 0 Å². The largest absolute Gasteiger partial charge is 0.491 e. The Balaban J connectivity index is 1.72. The van der Waals surface area contributed by atoms with Gasteiger partial charge in [-0.1, -0.05) is 12.1 Å². The minimum atomic E-state index is 0.244. The molecule has 1 N–H and O–H groups in total. The number of hydrogen-bond acceptors (Lipinski definition) is 3. The van der Waals surface area contributed by atoms with Crippen LogP contribution in [0.2, 0.25) is 0 Å². The van der Waals surface area contributed by atoms with E-state index in [1.165, 1.54) is 23.5 Å². The minimum Gasteiger partial charge on any atom is -0.491 e. The van der Waals surface area contributed by atoms with Gasteiger partial charge in [0.25, 0.3) is 0 Å². The van der Waals surface area contributed by atoms with Crippen LogP contribution in [0.4, 0.5) is 0 Å². The van der Waals surface area contributed by atoms with Crippen molar-refractivity contribution in [3.63, 3.8) is 0 Å². The van der Waals surface area contributed by atoms with E-state index in [1.54, 1.807) is 0 Å². The fourth-order valence-electron chi connectivity index (χ4n) is 2.12. The van der Waals surface area contributed by atoms with Gasteiger partial charge in [0.1, 0.15) is 5.75 Å². The Morgan fingerprint density at radius 1 is 1.33 bits per heavy atom. The maximum Gasteiger partial charge on any atom is 0.119 e. The molecule has 0 amide bonds. The standard InChI is InChI=1S/C15H23NOS/c1-12(2)17-15-5-3-13(4-6-15)9-16-10-14-7-8-18-11-14/h3-6,12,14,16H,7-11H2,1-2H3. The highest BCUT2D eigenvalue weighted by molar-refractivity contribution is 7.99. The quantitative estimate of drug-likeness (QED) is 0.852. The summed E-state index contributed by atoms with van der Waals surface area (Å²) < 4.78 is 5.63. The van der Waals surface area contributed by atoms with Gasteiger partial charge in [-0.2, -0.15) is 11.8 Å². The summed E-state index contributed by atoms with van der Waals surface area (Å²) in [5.41, 5.74) is 1.33. The van der Waals surface area contributed by atoms with Gasteiger partial charge in [0, 0.05) is 6.54 Å². The average Bonchev–Trinajstić information content (AvgIpc) is 2.84. The second-order valence-electron chi connectivity index (χ2n) is 5.17. The zero-order valence-corrected chi connectivity index (χ0v) is 12.1. The van der Waals surface area contributed by atoms with Crippen LogP contribution in [0.25, 0.3) is 0 Å². The number of benzene rings is 1. The zero-order valence-electron chi connectivity index (χ0n) is 11.3. The highest BCUT2D eigenvalue weighted by Gasteiger charge is 2.14. The third-order valence-corrected chi connectivity index (χ3v) is 4.31. The normalized spacial score (nSPS) is 19.4. The van der Waals surface area contributed by atoms with Crippen molar-refractivity contribution >= 4 is 11.8 Å². The zero-order chi connectivity index (χ0) is 12.8. The number of thioether (sulfide) groups is 1. The second kappa shape index (κ2) is 7.05. The monoisotopic (exact) mass is 265 g/mol. The molecule has 1 aromatic rings. The van der Waals surface area contributed by atoms with Crippen molar-refractivity contribution in [1.29, 1.82) is 0 Å². The van der Waals surface area contributed by atoms with Gasteiger partial charge < -0.3 is 10.1 Å². The molecule has 100 valence electrons. The Labute approximate surface area is 114 Å². The third-order valence-electron chi connectivity index (χ3n) is 3.08. The van der Waals surface area contributed by atoms with Crippen molar-refractivity contribution in [3.05, 3.63) is 29.8 Å². The highest BCUT2D eigenvalue weighted by atomic mass is 32.2. The van der Waals surface area contributed by atoms with Crippen molar-refractivity contribution < 1.29 is 4.74 Å². The minimum absolute atomic E-state index is 0.244. The van der Waals surface area contributed by atoms with Crippen molar-refractivity contribution in [3.8, 4) is 5.75 Å². The first-order valence-corrected chi connectivity index (χ1v) is 7.93. The summed E-state index contributed by atoms with van der Waals surface area (Å²) in [6.07, 6.45) is 1.62. The first-order valence-electron chi connectivity index (χ1n) is 6.78. The third kappa shape index (κ3) is 4.54. The Morgan fingerprint density at radius 3 is 2.72 bits per heavy atom. The van der Waals surface area contributed by atoms with E-state index in [1.807, 2.05) is 0 Å². The van der Waals surface area contributed by atoms with E-state index in [9.17, 15) is 0 Å². The van der Waals surface area contributed by atoms with Crippen molar-refractivity contribution in [1.82, 2.24) is 5.32 Å². The predicted molar refractivity (Wildman–Crippen MR) is 79.3 cm³/mol. The Bertz CT molecular complexity index is 344. The molecule has 1 aliphatic rings. The van der Waals surface area contributed by atoms with Gasteiger partial charge in [-0.05, 0) is 61.9 Å². The summed E-state index contributed by atoms with van der Waals surface area (Å²) in [7, 11) is 0. The molecule has 1 aromatic carbocycles. The molecule has 1 saturated heterocycles. The summed E-state index contributed by atoms with van der Waals surface area (Å²) in [5.74, 6) is 4.50. The SMILES string of the molecule is CC(C)Oc1ccc(CNCC2CCSC2)cc1. The van der Waals surface area contributed by atoms with E-state index < -0.39 is 0 Å². The molecule has 0 bridgehead atoms. The lowest BCUT2D eigenvalue weighted by molar-refractivity contribution is 0.242. The molecule has 1 heterocycles. The molecule has 0 aromatic heterocycles. The summed E-state index contributed by atoms with van der Waals surface area (Å²) in [5, 5.41) is 3.55. The fraction of sp³-hybridized carbons (Fsp3) is 0.600. The summed E-state index contributed by atoms with van der Waals surface area (Å²) >= 11 is 2.08. The molecule has 1 aliphatic heterocycles. The molecule has 18 heavy (non-hydrogen) atoms. The first-order chi connectivity index (χ1) is 8.74. The predicted octanol–water partition coefficient (Wildman–Crippen LogP) is 3.32. The first kappa shape index (κ1) is 13.8. The summed E-state index contributed by atoms with van der Waals surface area (Å²) in [4.78, 5) is 0. The molecule has 0 aliphatic carbocycles. The molecule has 3 heteroatoms. The number of nitrogens with one attached hydrogen (secondary N) is 1. The van der Waals surface area contributed by atoms with Crippen LogP contribution in [0.5, 0.6) is 5.75 Å². The molecular weight excluding hydrogens is 242 g/mol. The van der Waals surface area contributed by atoms with Gasteiger partial charge in [-0.3, -0.25) is 0 Å². The van der Waals surface area contributed by atoms with Crippen LogP contribution in [0.15, 0.2) is 24.3 Å². The molecule has 1 fully saturated rings. The second-order valence-corrected chi connectivity index (χ2v) is 6.32. The number of rotatable bonds is 6. The maximum absolute atomic E-state index is 5.63. The van der Waals surface area contributed by atoms with Crippen molar-refractivity contribution in [2.45, 2.75) is 32.9 Å². The van der Waals surface area contributed by atoms with Crippen LogP contribution < -0.4 is 10.1 Å². The van der Waals surface area contributed by atoms with Gasteiger partial charge in [-0.25, -0.2) is 0 Å². The Morgan fingerprint density at radius 2 is 2.11 bits per heavy atom. The Hall–Kier alpha value is -0.670. The lowest BCUT2D eigenvalue weighted by atomic mass is 10.1. The van der Waals surface area contributed by atoms with E-state index in [-0.39, 0.29) is 6.10 Å². The molecule has 1 unspecified atom stereocenters. The number of ether oxygens (including phenoxy) is 1. The fourth-order valence-corrected chi connectivity index (χ4v) is 3.41. The van der Waals surface area contributed by atoms with E-state index in [0.29, 0.717) is 0 Å². The highest BCUT2D eigenvalue weighted by Crippen LogP contribution is 2.22. The smallest absolute Gasteiger partial charge is 0.119 e. The van der Waals surface area contributed by atoms with E-state index >= 15 is 0 Å². The molecule has 0 radical (unpaired) electrons. The van der Waals surface area contributed by atoms with E-state index in [0.717, 1.165) is 24.8 Å². The van der Waals surface area contributed by atoms with Gasteiger partial charge >= 0.3 is 0 Å². The van der Waals surface area contributed by atoms with Crippen LogP contribution in [-0.4, -0.2) is 24.2 Å². The summed E-state index contributed by atoms with van der Waals surface area (Å²) in [6, 6.07) is 8.41. The van der Waals surface area contributed by atoms with Crippen LogP contribution in [0, 0.1) is 5.92 Å². The van der Waals surface area contributed by atoms with Crippen LogP contribution in [0.1, 0.15) is 25.8 Å². The molecule has 0 saturated carbocycles. The van der Waals surface area contributed by atoms with Gasteiger partial charge in [-0.15, -0.1) is 0 Å². The van der Waals surface area contributed by atoms with Crippen molar-refractivity contribution in [2.75, 3.05) is 18.1 Å². The maximum atomic E-state index is 5.63. The Kier molecular flexibility index (Phi) is 5.39. The molecule has 2 nitrogen and oxygen atoms in total. The topological polar surface area (TPSA) is 21.3 Å². The number of hydrogen-bond donors (Lipinski definition) is 1. The molecule has 1 atom stereocenters. The van der Waals surface area contributed by atoms with Crippen molar-refractivity contribution in [2.24, 2.45) is 5.92 Å². The lowest BCUT2D eigenvalue weighted by Crippen LogP contribution is -2.22. The van der Waals surface area contributed by atoms with Gasteiger partial charge in [0.05, 0.1) is 6.10 Å². The van der Waals surface area contributed by atoms with Crippen LogP contribution in [-0.2, 0) is 6.54 Å². The summed E-state index contributed by atoms with van der Waals surface area (Å²) in [6.45, 7) is 6.21. The molecule has 2 rings (SSSR count). The molecule has 0 spiro atoms. The van der Waals surface area contributed by atoms with Gasteiger partial charge in [0.15, 0.2) is 0 Å². The van der Waals surface area contributed by atoms with E-state index in [2.05, 4.69) is 55.2 Å². The lowest BCUT2D eigenvalue weighted by Gasteiger charge is -2.12. The van der Waals surface area contributed by atoms with Crippen LogP contribution >= 0.6 is 11.8 Å². The van der Waals surface area contributed by atoms with E-state index in [4.69, 9.17) is 4.74 Å². The molecular formula is C15H23NOS. The average molecular weight is 265 g/mol.